The molecule has 2 N–H and O–H groups in total. The molecule has 4 rings (SSSR count). The van der Waals surface area contributed by atoms with E-state index in [2.05, 4.69) is 22.1 Å². The van der Waals surface area contributed by atoms with Crippen LogP contribution in [0.2, 0.25) is 0 Å². The Balaban J connectivity index is 1.87. The van der Waals surface area contributed by atoms with Crippen LogP contribution in [0.3, 0.4) is 0 Å². The number of rotatable bonds is 11. The molecule has 3 aromatic rings. The molecule has 2 aromatic carbocycles. The number of aliphatic carboxylic acids is 1. The van der Waals surface area contributed by atoms with Gasteiger partial charge in [-0.1, -0.05) is 38.0 Å². The number of halogens is 5. The molecule has 2 atom stereocenters. The van der Waals surface area contributed by atoms with Crippen LogP contribution in [0.1, 0.15) is 112 Å². The summed E-state index contributed by atoms with van der Waals surface area (Å²) in [6.45, 7) is 13.5. The summed E-state index contributed by atoms with van der Waals surface area (Å²) in [7, 11) is 0. The molecule has 1 aliphatic rings. The Labute approximate surface area is 301 Å². The van der Waals surface area contributed by atoms with E-state index in [0.717, 1.165) is 10.8 Å². The van der Waals surface area contributed by atoms with Crippen molar-refractivity contribution in [1.29, 1.82) is 0 Å². The van der Waals surface area contributed by atoms with Crippen LogP contribution < -0.4 is 10.9 Å². The summed E-state index contributed by atoms with van der Waals surface area (Å²) in [4.78, 5) is 42.0. The van der Waals surface area contributed by atoms with E-state index in [9.17, 15) is 32.7 Å². The van der Waals surface area contributed by atoms with Gasteiger partial charge in [-0.05, 0) is 107 Å². The number of hydrogen-bond acceptors (Lipinski definition) is 4. The minimum Gasteiger partial charge on any atom is -0.481 e. The van der Waals surface area contributed by atoms with Crippen molar-refractivity contribution in [2.24, 2.45) is 5.92 Å². The van der Waals surface area contributed by atoms with Gasteiger partial charge in [-0.25, -0.2) is 8.78 Å². The Kier molecular flexibility index (Phi) is 12.7. The number of amides is 1. The van der Waals surface area contributed by atoms with Crippen LogP contribution in [0.4, 0.5) is 22.0 Å². The number of aromatic nitrogens is 1. The Morgan fingerprint density at radius 2 is 1.63 bits per heavy atom. The molecule has 0 spiro atoms. The van der Waals surface area contributed by atoms with E-state index in [-0.39, 0.29) is 35.1 Å². The number of benzene rings is 2. The van der Waals surface area contributed by atoms with Crippen molar-refractivity contribution in [3.8, 4) is 23.0 Å². The third-order valence-corrected chi connectivity index (χ3v) is 9.74. The first-order valence-electron chi connectivity index (χ1n) is 17.5. The average Bonchev–Trinajstić information content (AvgIpc) is 3.05. The number of nitrogens with one attached hydrogen (secondary N) is 1. The third kappa shape index (κ3) is 8.92. The molecule has 2 heterocycles. The molecule has 1 saturated heterocycles. The van der Waals surface area contributed by atoms with Crippen molar-refractivity contribution in [1.82, 2.24) is 14.8 Å². The monoisotopic (exact) mass is 727 g/mol. The van der Waals surface area contributed by atoms with E-state index in [1.54, 1.807) is 45.9 Å². The first kappa shape index (κ1) is 40.3. The number of hydrogen-bond donors (Lipinski definition) is 2. The minimum absolute atomic E-state index is 0.0396. The number of aryl methyl sites for hydroxylation is 2. The normalized spacial score (nSPS) is 15.3. The number of likely N-dealkylation sites (tertiary alicyclic amines) is 1. The van der Waals surface area contributed by atoms with Crippen LogP contribution in [-0.2, 0) is 15.8 Å². The zero-order chi connectivity index (χ0) is 38.7. The van der Waals surface area contributed by atoms with Crippen LogP contribution in [-0.4, -0.2) is 45.6 Å². The van der Waals surface area contributed by atoms with Crippen LogP contribution in [0.5, 0.6) is 0 Å². The third-order valence-electron chi connectivity index (χ3n) is 9.74. The molecule has 12 heteroatoms. The molecule has 1 aromatic heterocycles. The summed E-state index contributed by atoms with van der Waals surface area (Å²) in [5.41, 5.74) is -1.48. The summed E-state index contributed by atoms with van der Waals surface area (Å²) in [6.07, 6.45) is -3.91. The van der Waals surface area contributed by atoms with Crippen molar-refractivity contribution in [3.05, 3.63) is 91.9 Å². The zero-order valence-electron chi connectivity index (χ0n) is 30.5. The Morgan fingerprint density at radius 1 is 1.02 bits per heavy atom. The van der Waals surface area contributed by atoms with Gasteiger partial charge in [0.2, 0.25) is 5.91 Å². The molecule has 1 aliphatic heterocycles. The number of carbonyl (C=O) groups excluding carboxylic acids is 1. The molecule has 280 valence electrons. The molecule has 0 bridgehead atoms. The summed E-state index contributed by atoms with van der Waals surface area (Å²) in [6, 6.07) is 4.01. The van der Waals surface area contributed by atoms with Gasteiger partial charge < -0.3 is 19.9 Å². The van der Waals surface area contributed by atoms with Gasteiger partial charge in [0.15, 0.2) is 0 Å². The van der Waals surface area contributed by atoms with Crippen LogP contribution >= 0.6 is 0 Å². The van der Waals surface area contributed by atoms with Gasteiger partial charge in [0.05, 0.1) is 23.6 Å². The highest BCUT2D eigenvalue weighted by Crippen LogP contribution is 2.40. The fraction of sp³-hybridized carbons (Fsp3) is 0.475. The molecule has 0 saturated carbocycles. The first-order valence-corrected chi connectivity index (χ1v) is 17.5. The molecule has 1 fully saturated rings. The first-order chi connectivity index (χ1) is 24.3. The molecular formula is C40H46F5N3O4. The highest BCUT2D eigenvalue weighted by atomic mass is 19.4. The maximum atomic E-state index is 16.6. The fourth-order valence-corrected chi connectivity index (χ4v) is 7.18. The lowest BCUT2D eigenvalue weighted by Gasteiger charge is -2.36. The quantitative estimate of drug-likeness (QED) is 0.153. The number of piperidine rings is 1. The smallest absolute Gasteiger partial charge is 0.416 e. The van der Waals surface area contributed by atoms with Gasteiger partial charge in [0.25, 0.3) is 5.56 Å². The number of alkyl halides is 3. The fourth-order valence-electron chi connectivity index (χ4n) is 7.18. The number of carboxylic acid groups (broad SMARTS) is 1. The Morgan fingerprint density at radius 3 is 2.15 bits per heavy atom. The van der Waals surface area contributed by atoms with Crippen molar-refractivity contribution in [2.45, 2.75) is 104 Å². The lowest BCUT2D eigenvalue weighted by Crippen LogP contribution is -2.41. The van der Waals surface area contributed by atoms with Crippen molar-refractivity contribution < 1.29 is 36.6 Å². The topological polar surface area (TPSA) is 91.6 Å². The van der Waals surface area contributed by atoms with Crippen molar-refractivity contribution in [3.63, 3.8) is 0 Å². The molecule has 0 radical (unpaired) electrons. The van der Waals surface area contributed by atoms with E-state index in [0.29, 0.717) is 48.7 Å². The van der Waals surface area contributed by atoms with Crippen LogP contribution in [0, 0.1) is 43.2 Å². The predicted molar refractivity (Wildman–Crippen MR) is 190 cm³/mol. The molecule has 1 amide bonds. The number of pyridine rings is 1. The van der Waals surface area contributed by atoms with E-state index < -0.39 is 70.8 Å². The maximum absolute atomic E-state index is 16.6. The standard InChI is InChI=1S/C40H46F5N3O4/c1-8-10-27-18-28(35-24(6)11-9-12-25(35)7)38(42)36(37(27)41)31(20-34(50)51)46-39(52)32(17-22(2)3)48-21-29(30(19-33(48)49)40(43,44)45)26-13-15-47(16-14-26)23(4)5/h9,11-12,18-19,21-23,26,31-32H,13-17,20H2,1-7H3,(H,46,52)(H,50,51)/t31-,32+/m1/s1. The average molecular weight is 728 g/mol. The van der Waals surface area contributed by atoms with Gasteiger partial charge in [-0.15, -0.1) is 5.92 Å². The zero-order valence-corrected chi connectivity index (χ0v) is 30.5. The van der Waals surface area contributed by atoms with Crippen molar-refractivity contribution >= 4 is 11.9 Å². The van der Waals surface area contributed by atoms with Gasteiger partial charge in [-0.2, -0.15) is 13.2 Å². The Bertz CT molecular complexity index is 1910. The maximum Gasteiger partial charge on any atom is 0.416 e. The summed E-state index contributed by atoms with van der Waals surface area (Å²) < 4.78 is 76.9. The lowest BCUT2D eigenvalue weighted by molar-refractivity contribution is -0.139. The molecule has 52 heavy (non-hydrogen) atoms. The second-order valence-electron chi connectivity index (χ2n) is 14.2. The van der Waals surface area contributed by atoms with E-state index in [4.69, 9.17) is 0 Å². The second kappa shape index (κ2) is 16.4. The molecule has 0 unspecified atom stereocenters. The summed E-state index contributed by atoms with van der Waals surface area (Å²) in [5.74, 6) is -0.323. The minimum atomic E-state index is -4.83. The summed E-state index contributed by atoms with van der Waals surface area (Å²) in [5, 5.41) is 12.4. The van der Waals surface area contributed by atoms with Gasteiger partial charge in [0.1, 0.15) is 17.7 Å². The largest absolute Gasteiger partial charge is 0.481 e. The van der Waals surface area contributed by atoms with Crippen molar-refractivity contribution in [2.75, 3.05) is 13.1 Å². The molecule has 0 aliphatic carbocycles. The highest BCUT2D eigenvalue weighted by molar-refractivity contribution is 5.82. The summed E-state index contributed by atoms with van der Waals surface area (Å²) >= 11 is 0. The molecule has 7 nitrogen and oxygen atoms in total. The van der Waals surface area contributed by atoms with Gasteiger partial charge in [0, 0.05) is 29.4 Å². The number of carbonyl (C=O) groups is 2. The Hall–Kier alpha value is -4.50. The lowest BCUT2D eigenvalue weighted by atomic mass is 9.86. The van der Waals surface area contributed by atoms with E-state index >= 15 is 8.78 Å². The number of carboxylic acids is 1. The highest BCUT2D eigenvalue weighted by Gasteiger charge is 2.39. The van der Waals surface area contributed by atoms with Crippen LogP contribution in [0.25, 0.3) is 11.1 Å². The predicted octanol–water partition coefficient (Wildman–Crippen LogP) is 8.31. The molecular weight excluding hydrogens is 681 g/mol. The second-order valence-corrected chi connectivity index (χ2v) is 14.2. The SMILES string of the molecule is CC#Cc1cc(-c2c(C)cccc2C)c(F)c([C@@H](CC(=O)O)NC(=O)[C@H](CC(C)C)n2cc(C3CCN(C(C)C)CC3)c(C(F)(F)F)cc2=O)c1F. The number of nitrogens with zero attached hydrogens (tertiary/aromatic N) is 2. The van der Waals surface area contributed by atoms with E-state index in [1.807, 2.05) is 13.8 Å². The van der Waals surface area contributed by atoms with Gasteiger partial charge in [-0.3, -0.25) is 14.4 Å². The van der Waals surface area contributed by atoms with Crippen LogP contribution in [0.15, 0.2) is 41.3 Å². The van der Waals surface area contributed by atoms with Gasteiger partial charge >= 0.3 is 12.1 Å². The van der Waals surface area contributed by atoms with E-state index in [1.165, 1.54) is 13.0 Å².